The molecule has 2 fully saturated rings. The van der Waals surface area contributed by atoms with Crippen LogP contribution in [-0.2, 0) is 14.3 Å². The second-order valence-corrected chi connectivity index (χ2v) is 5.57. The van der Waals surface area contributed by atoms with Gasteiger partial charge >= 0.3 is 5.97 Å². The Hall–Kier alpha value is -0.610. The van der Waals surface area contributed by atoms with Gasteiger partial charge in [0.15, 0.2) is 0 Å². The first-order valence-electron chi connectivity index (χ1n) is 6.63. The van der Waals surface area contributed by atoms with Crippen LogP contribution in [0.4, 0.5) is 0 Å². The molecule has 4 heteroatoms. The Balaban J connectivity index is 1.80. The van der Waals surface area contributed by atoms with Crippen LogP contribution in [0, 0.1) is 11.3 Å². The minimum absolute atomic E-state index is 0.0373. The molecule has 1 heterocycles. The zero-order chi connectivity index (χ0) is 12.3. The zero-order valence-electron chi connectivity index (χ0n) is 10.6. The van der Waals surface area contributed by atoms with E-state index >= 15 is 0 Å². The van der Waals surface area contributed by atoms with Gasteiger partial charge in [0.2, 0.25) is 0 Å². The van der Waals surface area contributed by atoms with Crippen molar-refractivity contribution in [2.45, 2.75) is 45.1 Å². The molecule has 2 rings (SSSR count). The van der Waals surface area contributed by atoms with Crippen molar-refractivity contribution in [2.75, 3.05) is 19.8 Å². The average molecular weight is 241 g/mol. The smallest absolute Gasteiger partial charge is 0.313 e. The quantitative estimate of drug-likeness (QED) is 0.760. The van der Waals surface area contributed by atoms with E-state index in [4.69, 9.17) is 15.2 Å². The van der Waals surface area contributed by atoms with E-state index in [-0.39, 0.29) is 12.0 Å². The topological polar surface area (TPSA) is 61.5 Å². The first-order chi connectivity index (χ1) is 8.13. The lowest BCUT2D eigenvalue weighted by Gasteiger charge is -2.28. The Kier molecular flexibility index (Phi) is 4.05. The molecule has 4 nitrogen and oxygen atoms in total. The molecular formula is C13H23NO3. The third kappa shape index (κ3) is 2.80. The third-order valence-electron chi connectivity index (χ3n) is 4.29. The van der Waals surface area contributed by atoms with Crippen molar-refractivity contribution < 1.29 is 14.3 Å². The van der Waals surface area contributed by atoms with Crippen molar-refractivity contribution in [3.8, 4) is 0 Å². The number of esters is 1. The second kappa shape index (κ2) is 5.36. The van der Waals surface area contributed by atoms with Crippen LogP contribution in [0.3, 0.4) is 0 Å². The Morgan fingerprint density at radius 2 is 2.12 bits per heavy atom. The summed E-state index contributed by atoms with van der Waals surface area (Å²) in [5.74, 6) is 0.364. The molecule has 17 heavy (non-hydrogen) atoms. The van der Waals surface area contributed by atoms with Crippen LogP contribution in [-0.4, -0.2) is 31.8 Å². The number of nitrogens with two attached hydrogens (primary N) is 1. The van der Waals surface area contributed by atoms with Gasteiger partial charge in [-0.05, 0) is 38.5 Å². The maximum Gasteiger partial charge on any atom is 0.313 e. The van der Waals surface area contributed by atoms with Crippen molar-refractivity contribution in [1.29, 1.82) is 0 Å². The molecule has 0 aromatic carbocycles. The Bertz CT molecular complexity index is 276. The summed E-state index contributed by atoms with van der Waals surface area (Å²) in [6.45, 7) is 4.06. The van der Waals surface area contributed by atoms with Crippen LogP contribution >= 0.6 is 0 Å². The molecular weight excluding hydrogens is 218 g/mol. The van der Waals surface area contributed by atoms with Crippen LogP contribution in [0.1, 0.15) is 39.0 Å². The molecule has 2 aliphatic rings. The highest BCUT2D eigenvalue weighted by Crippen LogP contribution is 2.38. The summed E-state index contributed by atoms with van der Waals surface area (Å²) < 4.78 is 10.7. The van der Waals surface area contributed by atoms with E-state index in [0.29, 0.717) is 12.5 Å². The molecule has 1 saturated heterocycles. The molecule has 2 N–H and O–H groups in total. The van der Waals surface area contributed by atoms with E-state index in [1.54, 1.807) is 0 Å². The van der Waals surface area contributed by atoms with Crippen LogP contribution in [0.2, 0.25) is 0 Å². The van der Waals surface area contributed by atoms with Crippen LogP contribution < -0.4 is 5.73 Å². The van der Waals surface area contributed by atoms with Gasteiger partial charge in [0.25, 0.3) is 0 Å². The number of hydrogen-bond acceptors (Lipinski definition) is 4. The summed E-state index contributed by atoms with van der Waals surface area (Å²) >= 11 is 0. The molecule has 2 unspecified atom stereocenters. The van der Waals surface area contributed by atoms with Gasteiger partial charge in [-0.3, -0.25) is 4.79 Å². The fraction of sp³-hybridized carbons (Fsp3) is 0.923. The maximum absolute atomic E-state index is 12.1. The van der Waals surface area contributed by atoms with Crippen molar-refractivity contribution >= 4 is 5.97 Å². The number of ether oxygens (including phenoxy) is 2. The lowest BCUT2D eigenvalue weighted by atomic mass is 9.85. The summed E-state index contributed by atoms with van der Waals surface area (Å²) in [6, 6.07) is -0.0373. The highest BCUT2D eigenvalue weighted by Gasteiger charge is 2.44. The van der Waals surface area contributed by atoms with E-state index in [1.165, 1.54) is 0 Å². The van der Waals surface area contributed by atoms with Gasteiger partial charge < -0.3 is 15.2 Å². The first kappa shape index (κ1) is 12.8. The fourth-order valence-corrected chi connectivity index (χ4v) is 2.72. The predicted octanol–water partition coefficient (Wildman–Crippen LogP) is 1.47. The van der Waals surface area contributed by atoms with Gasteiger partial charge in [-0.15, -0.1) is 0 Å². The summed E-state index contributed by atoms with van der Waals surface area (Å²) in [7, 11) is 0. The molecule has 98 valence electrons. The fourth-order valence-electron chi connectivity index (χ4n) is 2.72. The van der Waals surface area contributed by atoms with E-state index in [0.717, 1.165) is 45.3 Å². The summed E-state index contributed by atoms with van der Waals surface area (Å²) in [5.41, 5.74) is 5.55. The molecule has 2 atom stereocenters. The van der Waals surface area contributed by atoms with Crippen LogP contribution in [0.5, 0.6) is 0 Å². The third-order valence-corrected chi connectivity index (χ3v) is 4.29. The highest BCUT2D eigenvalue weighted by molar-refractivity contribution is 5.77. The van der Waals surface area contributed by atoms with E-state index in [2.05, 4.69) is 0 Å². The Morgan fingerprint density at radius 3 is 2.71 bits per heavy atom. The van der Waals surface area contributed by atoms with Gasteiger partial charge in [0.1, 0.15) is 0 Å². The van der Waals surface area contributed by atoms with Crippen LogP contribution in [0.15, 0.2) is 0 Å². The molecule has 0 amide bonds. The highest BCUT2D eigenvalue weighted by atomic mass is 16.5. The standard InChI is InChI=1S/C13H23NO3/c1-13(6-2-3-11(13)14)12(15)17-9-10-4-7-16-8-5-10/h10-11H,2-9,14H2,1H3. The van der Waals surface area contributed by atoms with Gasteiger partial charge in [-0.1, -0.05) is 6.42 Å². The largest absolute Gasteiger partial charge is 0.465 e. The van der Waals surface area contributed by atoms with Gasteiger partial charge in [-0.2, -0.15) is 0 Å². The number of hydrogen-bond donors (Lipinski definition) is 1. The number of carbonyl (C=O) groups excluding carboxylic acids is 1. The Labute approximate surface area is 103 Å². The van der Waals surface area contributed by atoms with E-state index < -0.39 is 5.41 Å². The number of carbonyl (C=O) groups is 1. The SMILES string of the molecule is CC1(C(=O)OCC2CCOCC2)CCCC1N. The van der Waals surface area contributed by atoms with E-state index in [1.807, 2.05) is 6.92 Å². The molecule has 0 aromatic rings. The van der Waals surface area contributed by atoms with Crippen LogP contribution in [0.25, 0.3) is 0 Å². The minimum Gasteiger partial charge on any atom is -0.465 e. The van der Waals surface area contributed by atoms with E-state index in [9.17, 15) is 4.79 Å². The summed E-state index contributed by atoms with van der Waals surface area (Å²) in [4.78, 5) is 12.1. The molecule has 0 spiro atoms. The van der Waals surface area contributed by atoms with Crippen molar-refractivity contribution in [3.63, 3.8) is 0 Å². The summed E-state index contributed by atoms with van der Waals surface area (Å²) in [5, 5.41) is 0. The molecule has 1 aliphatic carbocycles. The number of rotatable bonds is 3. The lowest BCUT2D eigenvalue weighted by Crippen LogP contribution is -2.42. The molecule has 0 bridgehead atoms. The molecule has 0 aromatic heterocycles. The normalized spacial score (nSPS) is 34.8. The van der Waals surface area contributed by atoms with Gasteiger partial charge in [0.05, 0.1) is 12.0 Å². The molecule has 1 aliphatic heterocycles. The lowest BCUT2D eigenvalue weighted by molar-refractivity contribution is -0.157. The van der Waals surface area contributed by atoms with Crippen molar-refractivity contribution in [2.24, 2.45) is 17.1 Å². The van der Waals surface area contributed by atoms with Crippen molar-refractivity contribution in [3.05, 3.63) is 0 Å². The van der Waals surface area contributed by atoms with Gasteiger partial charge in [0, 0.05) is 19.3 Å². The monoisotopic (exact) mass is 241 g/mol. The molecule has 0 radical (unpaired) electrons. The predicted molar refractivity (Wildman–Crippen MR) is 64.4 cm³/mol. The average Bonchev–Trinajstić information content (AvgIpc) is 2.69. The first-order valence-corrected chi connectivity index (χ1v) is 6.63. The van der Waals surface area contributed by atoms with Gasteiger partial charge in [-0.25, -0.2) is 0 Å². The van der Waals surface area contributed by atoms with Crippen molar-refractivity contribution in [1.82, 2.24) is 0 Å². The summed E-state index contributed by atoms with van der Waals surface area (Å²) in [6.07, 6.45) is 4.82. The minimum atomic E-state index is -0.453. The second-order valence-electron chi connectivity index (χ2n) is 5.57. The molecule has 1 saturated carbocycles. The Morgan fingerprint density at radius 1 is 1.41 bits per heavy atom. The maximum atomic E-state index is 12.1. The zero-order valence-corrected chi connectivity index (χ0v) is 10.6.